The van der Waals surface area contributed by atoms with Crippen LogP contribution in [0.15, 0.2) is 17.1 Å². The highest BCUT2D eigenvalue weighted by molar-refractivity contribution is 5.32. The molecule has 1 aliphatic heterocycles. The first-order chi connectivity index (χ1) is 9.93. The summed E-state index contributed by atoms with van der Waals surface area (Å²) in [6.45, 7) is -0.600. The van der Waals surface area contributed by atoms with E-state index < -0.39 is 49.0 Å². The average Bonchev–Trinajstić information content (AvgIpc) is 2.45. The molecule has 10 nitrogen and oxygen atoms in total. The summed E-state index contributed by atoms with van der Waals surface area (Å²) < 4.78 is 5.16. The van der Waals surface area contributed by atoms with Gasteiger partial charge >= 0.3 is 5.69 Å². The SMILES string of the molecule is O=c1nc(NC(O)[C@@H]2O[C@H](CO)[C@@H](O)[C@H](O)[C@H]2O)cc[nH]1. The van der Waals surface area contributed by atoms with Gasteiger partial charge in [0.2, 0.25) is 0 Å². The number of ether oxygens (including phenoxy) is 1. The molecule has 7 N–H and O–H groups in total. The van der Waals surface area contributed by atoms with Gasteiger partial charge in [-0.1, -0.05) is 0 Å². The predicted molar refractivity (Wildman–Crippen MR) is 68.3 cm³/mol. The number of hydrogen-bond donors (Lipinski definition) is 7. The normalized spacial score (nSPS) is 34.4. The molecule has 6 atom stereocenters. The van der Waals surface area contributed by atoms with Crippen molar-refractivity contribution in [2.75, 3.05) is 11.9 Å². The van der Waals surface area contributed by atoms with Gasteiger partial charge in [-0.2, -0.15) is 4.98 Å². The standard InChI is InChI=1S/C11H17N3O7/c15-3-4-6(16)7(17)8(18)9(21-4)10(19)13-5-1-2-12-11(20)14-5/h1-2,4,6-10,15-19H,3H2,(H2,12,13,14,20)/t4-,6-,7+,8-,9-,10?/m1/s1. The Morgan fingerprint density at radius 2 is 2.05 bits per heavy atom. The maximum atomic E-state index is 11.0. The van der Waals surface area contributed by atoms with Crippen LogP contribution in [0.1, 0.15) is 0 Å². The Bertz CT molecular complexity index is 523. The highest BCUT2D eigenvalue weighted by Crippen LogP contribution is 2.23. The molecule has 1 aromatic heterocycles. The van der Waals surface area contributed by atoms with Crippen molar-refractivity contribution in [2.24, 2.45) is 0 Å². The summed E-state index contributed by atoms with van der Waals surface area (Å²) in [5, 5.41) is 50.5. The quantitative estimate of drug-likeness (QED) is 0.277. The lowest BCUT2D eigenvalue weighted by molar-refractivity contribution is -0.245. The second-order valence-corrected chi connectivity index (χ2v) is 4.66. The Morgan fingerprint density at radius 1 is 1.33 bits per heavy atom. The number of aromatic nitrogens is 2. The summed E-state index contributed by atoms with van der Waals surface area (Å²) in [5.74, 6) is 0.0308. The summed E-state index contributed by atoms with van der Waals surface area (Å²) in [5.41, 5.74) is -0.638. The van der Waals surface area contributed by atoms with Crippen LogP contribution in [0.2, 0.25) is 0 Å². The lowest BCUT2D eigenvalue weighted by atomic mass is 9.94. The number of rotatable bonds is 4. The third-order valence-electron chi connectivity index (χ3n) is 3.21. The van der Waals surface area contributed by atoms with Crippen molar-refractivity contribution in [2.45, 2.75) is 36.7 Å². The number of aliphatic hydroxyl groups excluding tert-OH is 5. The Balaban J connectivity index is 2.10. The van der Waals surface area contributed by atoms with Crippen molar-refractivity contribution < 1.29 is 30.3 Å². The van der Waals surface area contributed by atoms with Crippen LogP contribution >= 0.6 is 0 Å². The molecule has 21 heavy (non-hydrogen) atoms. The Kier molecular flexibility index (Phi) is 4.88. The third-order valence-corrected chi connectivity index (χ3v) is 3.21. The molecule has 0 radical (unpaired) electrons. The lowest BCUT2D eigenvalue weighted by Gasteiger charge is -2.41. The van der Waals surface area contributed by atoms with E-state index in [-0.39, 0.29) is 5.82 Å². The third kappa shape index (κ3) is 3.37. The Morgan fingerprint density at radius 3 is 2.67 bits per heavy atom. The largest absolute Gasteiger partial charge is 0.394 e. The number of aliphatic hydroxyl groups is 5. The van der Waals surface area contributed by atoms with Crippen molar-refractivity contribution in [3.63, 3.8) is 0 Å². The predicted octanol–water partition coefficient (Wildman–Crippen LogP) is -3.66. The minimum atomic E-state index is -1.59. The first-order valence-corrected chi connectivity index (χ1v) is 6.25. The number of hydrogen-bond acceptors (Lipinski definition) is 9. The minimum Gasteiger partial charge on any atom is -0.394 e. The number of anilines is 1. The van der Waals surface area contributed by atoms with E-state index in [1.165, 1.54) is 12.3 Å². The molecule has 2 heterocycles. The second-order valence-electron chi connectivity index (χ2n) is 4.66. The highest BCUT2D eigenvalue weighted by Gasteiger charge is 2.46. The molecule has 118 valence electrons. The van der Waals surface area contributed by atoms with Gasteiger partial charge in [-0.05, 0) is 6.07 Å². The van der Waals surface area contributed by atoms with Gasteiger partial charge in [-0.3, -0.25) is 0 Å². The van der Waals surface area contributed by atoms with Gasteiger partial charge < -0.3 is 40.6 Å². The number of nitrogens with zero attached hydrogens (tertiary/aromatic N) is 1. The van der Waals surface area contributed by atoms with Crippen LogP contribution in [0.3, 0.4) is 0 Å². The fourth-order valence-corrected chi connectivity index (χ4v) is 2.08. The van der Waals surface area contributed by atoms with Crippen molar-refractivity contribution >= 4 is 5.82 Å². The minimum absolute atomic E-state index is 0.0308. The maximum Gasteiger partial charge on any atom is 0.346 e. The van der Waals surface area contributed by atoms with Gasteiger partial charge in [0, 0.05) is 6.20 Å². The zero-order valence-corrected chi connectivity index (χ0v) is 10.8. The molecule has 0 bridgehead atoms. The number of H-pyrrole nitrogens is 1. The van der Waals surface area contributed by atoms with E-state index in [2.05, 4.69) is 15.3 Å². The van der Waals surface area contributed by atoms with E-state index >= 15 is 0 Å². The summed E-state index contributed by atoms with van der Waals surface area (Å²) in [7, 11) is 0. The number of aromatic amines is 1. The van der Waals surface area contributed by atoms with Crippen LogP contribution in [0.4, 0.5) is 5.82 Å². The van der Waals surface area contributed by atoms with Crippen molar-refractivity contribution in [1.82, 2.24) is 9.97 Å². The highest BCUT2D eigenvalue weighted by atomic mass is 16.6. The number of nitrogens with one attached hydrogen (secondary N) is 2. The van der Waals surface area contributed by atoms with Gasteiger partial charge in [-0.15, -0.1) is 0 Å². The molecule has 2 rings (SSSR count). The Hall–Kier alpha value is -1.56. The second kappa shape index (κ2) is 6.47. The summed E-state index contributed by atoms with van der Waals surface area (Å²) in [4.78, 5) is 16.8. The molecule has 1 aliphatic rings. The molecule has 1 aromatic rings. The van der Waals surface area contributed by atoms with Crippen LogP contribution in [-0.4, -0.2) is 78.9 Å². The molecule has 1 saturated heterocycles. The summed E-state index contributed by atoms with van der Waals surface area (Å²) >= 11 is 0. The topological polar surface area (TPSA) is 168 Å². The summed E-state index contributed by atoms with van der Waals surface area (Å²) in [6.07, 6.45) is -7.37. The monoisotopic (exact) mass is 303 g/mol. The summed E-state index contributed by atoms with van der Waals surface area (Å²) in [6, 6.07) is 1.37. The van der Waals surface area contributed by atoms with Crippen molar-refractivity contribution in [1.29, 1.82) is 0 Å². The first kappa shape index (κ1) is 15.8. The maximum absolute atomic E-state index is 11.0. The van der Waals surface area contributed by atoms with E-state index in [9.17, 15) is 25.2 Å². The molecule has 1 fully saturated rings. The molecule has 0 aromatic carbocycles. The van der Waals surface area contributed by atoms with Crippen molar-refractivity contribution in [3.8, 4) is 0 Å². The molecule has 0 spiro atoms. The molecular weight excluding hydrogens is 286 g/mol. The lowest BCUT2D eigenvalue weighted by Crippen LogP contribution is -2.62. The molecule has 0 aliphatic carbocycles. The average molecular weight is 303 g/mol. The molecular formula is C11H17N3O7. The van der Waals surface area contributed by atoms with Gasteiger partial charge in [0.25, 0.3) is 0 Å². The van der Waals surface area contributed by atoms with Crippen LogP contribution < -0.4 is 11.0 Å². The zero-order valence-electron chi connectivity index (χ0n) is 10.8. The van der Waals surface area contributed by atoms with E-state index in [4.69, 9.17) is 9.84 Å². The van der Waals surface area contributed by atoms with Gasteiger partial charge in [0.05, 0.1) is 6.61 Å². The molecule has 0 saturated carbocycles. The molecule has 10 heteroatoms. The van der Waals surface area contributed by atoms with E-state index in [0.717, 1.165) is 0 Å². The van der Waals surface area contributed by atoms with Crippen LogP contribution in [0.25, 0.3) is 0 Å². The molecule has 0 amide bonds. The molecule has 1 unspecified atom stereocenters. The first-order valence-electron chi connectivity index (χ1n) is 6.25. The van der Waals surface area contributed by atoms with Crippen LogP contribution in [0, 0.1) is 0 Å². The fraction of sp³-hybridized carbons (Fsp3) is 0.636. The Labute approximate surface area is 118 Å². The van der Waals surface area contributed by atoms with Gasteiger partial charge in [-0.25, -0.2) is 4.79 Å². The van der Waals surface area contributed by atoms with E-state index in [1.54, 1.807) is 0 Å². The van der Waals surface area contributed by atoms with Gasteiger partial charge in [0.15, 0.2) is 6.23 Å². The van der Waals surface area contributed by atoms with E-state index in [0.29, 0.717) is 0 Å². The van der Waals surface area contributed by atoms with Gasteiger partial charge in [0.1, 0.15) is 36.3 Å². The zero-order chi connectivity index (χ0) is 15.6. The van der Waals surface area contributed by atoms with E-state index in [1.807, 2.05) is 0 Å². The van der Waals surface area contributed by atoms with Crippen molar-refractivity contribution in [3.05, 3.63) is 22.7 Å². The fourth-order valence-electron chi connectivity index (χ4n) is 2.08. The van der Waals surface area contributed by atoms with Crippen LogP contribution in [-0.2, 0) is 4.74 Å². The smallest absolute Gasteiger partial charge is 0.346 e. The van der Waals surface area contributed by atoms with Crippen LogP contribution in [0.5, 0.6) is 0 Å².